The van der Waals surface area contributed by atoms with Crippen LogP contribution in [0.2, 0.25) is 0 Å². The first-order valence-corrected chi connectivity index (χ1v) is 12.9. The van der Waals surface area contributed by atoms with Crippen molar-refractivity contribution in [1.29, 1.82) is 0 Å². The number of benzene rings is 3. The highest BCUT2D eigenvalue weighted by Gasteiger charge is 2.26. The van der Waals surface area contributed by atoms with Crippen molar-refractivity contribution in [2.75, 3.05) is 0 Å². The van der Waals surface area contributed by atoms with Crippen LogP contribution in [0.5, 0.6) is 5.75 Å². The average Bonchev–Trinajstić information content (AvgIpc) is 3.27. The minimum atomic E-state index is -1.01. The maximum Gasteiger partial charge on any atom is 0.336 e. The zero-order valence-electron chi connectivity index (χ0n) is 21.0. The zero-order valence-corrected chi connectivity index (χ0v) is 21.0. The first kappa shape index (κ1) is 23.3. The molecule has 6 rings (SSSR count). The van der Waals surface area contributed by atoms with Gasteiger partial charge >= 0.3 is 5.97 Å². The Balaban J connectivity index is 1.36. The van der Waals surface area contributed by atoms with E-state index in [1.165, 1.54) is 5.56 Å². The van der Waals surface area contributed by atoms with E-state index in [1.807, 2.05) is 50.2 Å². The summed E-state index contributed by atoms with van der Waals surface area (Å²) in [7, 11) is 0. The molecule has 0 saturated heterocycles. The number of ether oxygens (including phenoxy) is 1. The molecule has 3 aromatic carbocycles. The molecular weight excluding hydrogens is 462 g/mol. The fourth-order valence-electron chi connectivity index (χ4n) is 5.66. The summed E-state index contributed by atoms with van der Waals surface area (Å²) in [6, 6.07) is 23.9. The number of aromatic carboxylic acids is 1. The van der Waals surface area contributed by atoms with Gasteiger partial charge in [0.05, 0.1) is 22.6 Å². The van der Waals surface area contributed by atoms with E-state index in [9.17, 15) is 9.90 Å². The summed E-state index contributed by atoms with van der Waals surface area (Å²) in [5.41, 5.74) is 5.30. The van der Waals surface area contributed by atoms with Gasteiger partial charge in [-0.2, -0.15) is 0 Å². The number of para-hydroxylation sites is 1. The van der Waals surface area contributed by atoms with Gasteiger partial charge in [0.2, 0.25) is 0 Å². The summed E-state index contributed by atoms with van der Waals surface area (Å²) < 4.78 is 12.6. The molecule has 0 spiro atoms. The van der Waals surface area contributed by atoms with Gasteiger partial charge in [0.25, 0.3) is 0 Å². The molecule has 0 radical (unpaired) electrons. The number of aryl methyl sites for hydroxylation is 2. The van der Waals surface area contributed by atoms with Crippen molar-refractivity contribution in [3.05, 3.63) is 95.1 Å². The van der Waals surface area contributed by atoms with Gasteiger partial charge in [-0.05, 0) is 74.8 Å². The smallest absolute Gasteiger partial charge is 0.336 e. The number of nitrogens with zero attached hydrogens (tertiary/aromatic N) is 1. The van der Waals surface area contributed by atoms with E-state index in [1.54, 1.807) is 6.07 Å². The van der Waals surface area contributed by atoms with Crippen molar-refractivity contribution in [2.45, 2.75) is 51.6 Å². The molecular formula is C32H29NO4. The van der Waals surface area contributed by atoms with Crippen LogP contribution in [0.15, 0.2) is 77.2 Å². The van der Waals surface area contributed by atoms with E-state index in [4.69, 9.17) is 14.1 Å². The highest BCUT2D eigenvalue weighted by Crippen LogP contribution is 2.39. The number of carboxylic acids is 1. The van der Waals surface area contributed by atoms with Gasteiger partial charge < -0.3 is 14.3 Å². The molecule has 1 aliphatic rings. The van der Waals surface area contributed by atoms with Crippen LogP contribution in [-0.4, -0.2) is 22.2 Å². The molecule has 1 fully saturated rings. The number of hydrogen-bond donors (Lipinski definition) is 1. The summed E-state index contributed by atoms with van der Waals surface area (Å²) in [6.07, 6.45) is 4.02. The van der Waals surface area contributed by atoms with Crippen molar-refractivity contribution >= 4 is 27.8 Å². The second kappa shape index (κ2) is 9.40. The van der Waals surface area contributed by atoms with Crippen LogP contribution in [0, 0.1) is 13.8 Å². The lowest BCUT2D eigenvalue weighted by molar-refractivity contribution is 0.0698. The van der Waals surface area contributed by atoms with Crippen molar-refractivity contribution in [2.24, 2.45) is 0 Å². The van der Waals surface area contributed by atoms with Crippen LogP contribution in [0.4, 0.5) is 0 Å². The zero-order chi connectivity index (χ0) is 25.5. The number of carboxylic acid groups (broad SMARTS) is 1. The van der Waals surface area contributed by atoms with Crippen LogP contribution in [-0.2, 0) is 0 Å². The van der Waals surface area contributed by atoms with Gasteiger partial charge in [-0.3, -0.25) is 0 Å². The number of fused-ring (bicyclic) bond motifs is 2. The highest BCUT2D eigenvalue weighted by molar-refractivity contribution is 6.07. The molecule has 0 unspecified atom stereocenters. The SMILES string of the molecule is Cc1c(-c2cc(C(=O)O)c3c(O[C@H]4CC[C@H](c5ccccc5)CC4)ccc(C)c3n2)oc2ccccc12. The van der Waals surface area contributed by atoms with E-state index >= 15 is 0 Å². The second-order valence-electron chi connectivity index (χ2n) is 10.0. The molecule has 37 heavy (non-hydrogen) atoms. The Hall–Kier alpha value is -4.12. The van der Waals surface area contributed by atoms with Crippen LogP contribution >= 0.6 is 0 Å². The van der Waals surface area contributed by atoms with E-state index in [-0.39, 0.29) is 11.7 Å². The Kier molecular flexibility index (Phi) is 5.91. The quantitative estimate of drug-likeness (QED) is 0.269. The molecule has 186 valence electrons. The monoisotopic (exact) mass is 491 g/mol. The molecule has 0 aliphatic heterocycles. The lowest BCUT2D eigenvalue weighted by Crippen LogP contribution is -2.23. The van der Waals surface area contributed by atoms with Crippen molar-refractivity contribution in [1.82, 2.24) is 4.98 Å². The van der Waals surface area contributed by atoms with Gasteiger partial charge in [0.1, 0.15) is 17.0 Å². The highest BCUT2D eigenvalue weighted by atomic mass is 16.5. The minimum Gasteiger partial charge on any atom is -0.490 e. The predicted molar refractivity (Wildman–Crippen MR) is 145 cm³/mol. The van der Waals surface area contributed by atoms with Gasteiger partial charge in [0, 0.05) is 10.9 Å². The summed E-state index contributed by atoms with van der Waals surface area (Å²) in [5.74, 6) is 0.712. The van der Waals surface area contributed by atoms with Crippen LogP contribution in [0.1, 0.15) is 58.6 Å². The Morgan fingerprint density at radius 1 is 0.946 bits per heavy atom. The Morgan fingerprint density at radius 2 is 1.68 bits per heavy atom. The lowest BCUT2D eigenvalue weighted by Gasteiger charge is -2.29. The van der Waals surface area contributed by atoms with E-state index in [0.29, 0.717) is 34.0 Å². The number of aromatic nitrogens is 1. The van der Waals surface area contributed by atoms with Gasteiger partial charge in [0.15, 0.2) is 5.76 Å². The fourth-order valence-corrected chi connectivity index (χ4v) is 5.66. The third kappa shape index (κ3) is 4.25. The maximum atomic E-state index is 12.5. The largest absolute Gasteiger partial charge is 0.490 e. The second-order valence-corrected chi connectivity index (χ2v) is 10.0. The van der Waals surface area contributed by atoms with E-state index in [0.717, 1.165) is 47.8 Å². The fraction of sp³-hybridized carbons (Fsp3) is 0.250. The summed E-state index contributed by atoms with van der Waals surface area (Å²) in [4.78, 5) is 17.4. The molecule has 1 N–H and O–H groups in total. The molecule has 5 heteroatoms. The maximum absolute atomic E-state index is 12.5. The molecule has 2 heterocycles. The van der Waals surface area contributed by atoms with Crippen molar-refractivity contribution in [3.8, 4) is 17.2 Å². The number of pyridine rings is 1. The first-order valence-electron chi connectivity index (χ1n) is 12.9. The first-order chi connectivity index (χ1) is 18.0. The summed E-state index contributed by atoms with van der Waals surface area (Å²) in [6.45, 7) is 3.93. The summed E-state index contributed by atoms with van der Waals surface area (Å²) in [5, 5.41) is 11.8. The topological polar surface area (TPSA) is 72.6 Å². The van der Waals surface area contributed by atoms with E-state index in [2.05, 4.69) is 30.3 Å². The normalized spacial score (nSPS) is 17.8. The Labute approximate surface area is 215 Å². The molecule has 0 bridgehead atoms. The molecule has 0 amide bonds. The van der Waals surface area contributed by atoms with Crippen LogP contribution in [0.25, 0.3) is 33.3 Å². The molecule has 1 saturated carbocycles. The predicted octanol–water partition coefficient (Wildman–Crippen LogP) is 8.07. The molecule has 2 aromatic heterocycles. The van der Waals surface area contributed by atoms with Crippen LogP contribution in [0.3, 0.4) is 0 Å². The van der Waals surface area contributed by atoms with Gasteiger partial charge in [-0.15, -0.1) is 0 Å². The Morgan fingerprint density at radius 3 is 2.41 bits per heavy atom. The third-order valence-corrected chi connectivity index (χ3v) is 7.67. The van der Waals surface area contributed by atoms with Crippen LogP contribution < -0.4 is 4.74 Å². The molecule has 1 aliphatic carbocycles. The summed E-state index contributed by atoms with van der Waals surface area (Å²) >= 11 is 0. The van der Waals surface area contributed by atoms with Gasteiger partial charge in [-0.25, -0.2) is 9.78 Å². The molecule has 5 nitrogen and oxygen atoms in total. The number of rotatable bonds is 5. The molecule has 0 atom stereocenters. The number of furan rings is 1. The molecule has 5 aromatic rings. The average molecular weight is 492 g/mol. The van der Waals surface area contributed by atoms with E-state index < -0.39 is 5.97 Å². The third-order valence-electron chi connectivity index (χ3n) is 7.67. The lowest BCUT2D eigenvalue weighted by atomic mass is 9.83. The van der Waals surface area contributed by atoms with Crippen molar-refractivity contribution in [3.63, 3.8) is 0 Å². The standard InChI is InChI=1S/C32H29NO4/c1-19-12-17-28(36-23-15-13-22(14-16-23)21-8-4-3-5-9-21)29-25(32(34)35)18-26(33-30(19)29)31-20(2)24-10-6-7-11-27(24)37-31/h3-12,17-18,22-23H,13-16H2,1-2H3,(H,34,35)/t22-,23-. The number of hydrogen-bond acceptors (Lipinski definition) is 4. The minimum absolute atomic E-state index is 0.0461. The van der Waals surface area contributed by atoms with Gasteiger partial charge in [-0.1, -0.05) is 54.6 Å². The van der Waals surface area contributed by atoms with Crippen molar-refractivity contribution < 1.29 is 19.1 Å². The Bertz CT molecular complexity index is 1610. The number of carbonyl (C=O) groups is 1.